The van der Waals surface area contributed by atoms with E-state index in [1.54, 1.807) is 12.1 Å². The van der Waals surface area contributed by atoms with Crippen molar-refractivity contribution in [3.05, 3.63) is 59.9 Å². The van der Waals surface area contributed by atoms with E-state index in [0.29, 0.717) is 5.69 Å². The number of esters is 1. The van der Waals surface area contributed by atoms with Gasteiger partial charge in [0.25, 0.3) is 0 Å². The maximum atomic E-state index is 11.9. The minimum atomic E-state index is -0.683. The molecular weight excluding hydrogens is 254 g/mol. The number of nitrogens with one attached hydrogen (secondary N) is 1. The standard InChI is InChI=1S/C15H13N3O2/c1-20-15(19)14(11-6-3-2-4-7-11)18-12-8-5-9-17-13(12)10-16/h2-9,14,18H,1H3. The zero-order valence-electron chi connectivity index (χ0n) is 10.9. The molecule has 1 N–H and O–H groups in total. The molecule has 1 unspecified atom stereocenters. The van der Waals surface area contributed by atoms with Crippen molar-refractivity contribution < 1.29 is 9.53 Å². The van der Waals surface area contributed by atoms with Crippen LogP contribution in [0.25, 0.3) is 0 Å². The van der Waals surface area contributed by atoms with Gasteiger partial charge in [-0.05, 0) is 17.7 Å². The molecule has 0 amide bonds. The van der Waals surface area contributed by atoms with Crippen molar-refractivity contribution >= 4 is 11.7 Å². The molecule has 1 aromatic heterocycles. The SMILES string of the molecule is COC(=O)C(Nc1cccnc1C#N)c1ccccc1. The lowest BCUT2D eigenvalue weighted by molar-refractivity contribution is -0.141. The van der Waals surface area contributed by atoms with Crippen molar-refractivity contribution in [1.29, 1.82) is 5.26 Å². The van der Waals surface area contributed by atoms with Gasteiger partial charge in [-0.3, -0.25) is 0 Å². The van der Waals surface area contributed by atoms with Gasteiger partial charge in [0.05, 0.1) is 12.8 Å². The maximum absolute atomic E-state index is 11.9. The molecule has 0 aliphatic rings. The fourth-order valence-electron chi connectivity index (χ4n) is 1.81. The number of pyridine rings is 1. The van der Waals surface area contributed by atoms with Gasteiger partial charge < -0.3 is 10.1 Å². The van der Waals surface area contributed by atoms with Crippen LogP contribution in [0.3, 0.4) is 0 Å². The average molecular weight is 267 g/mol. The molecular formula is C15H13N3O2. The number of methoxy groups -OCH3 is 1. The van der Waals surface area contributed by atoms with Gasteiger partial charge >= 0.3 is 5.97 Å². The summed E-state index contributed by atoms with van der Waals surface area (Å²) >= 11 is 0. The lowest BCUT2D eigenvalue weighted by Crippen LogP contribution is -2.22. The Morgan fingerprint density at radius 2 is 2.05 bits per heavy atom. The van der Waals surface area contributed by atoms with Gasteiger partial charge in [-0.2, -0.15) is 5.26 Å². The normalized spacial score (nSPS) is 11.2. The highest BCUT2D eigenvalue weighted by atomic mass is 16.5. The molecule has 100 valence electrons. The van der Waals surface area contributed by atoms with Crippen LogP contribution in [0, 0.1) is 11.3 Å². The second kappa shape index (κ2) is 6.34. The third kappa shape index (κ3) is 2.93. The number of carbonyl (C=O) groups is 1. The van der Waals surface area contributed by atoms with E-state index in [1.807, 2.05) is 36.4 Å². The average Bonchev–Trinajstić information content (AvgIpc) is 2.53. The van der Waals surface area contributed by atoms with Gasteiger partial charge in [0.1, 0.15) is 6.07 Å². The third-order valence-electron chi connectivity index (χ3n) is 2.78. The van der Waals surface area contributed by atoms with Gasteiger partial charge in [-0.15, -0.1) is 0 Å². The van der Waals surface area contributed by atoms with E-state index in [4.69, 9.17) is 10.00 Å². The fraction of sp³-hybridized carbons (Fsp3) is 0.133. The number of ether oxygens (including phenoxy) is 1. The van der Waals surface area contributed by atoms with Crippen LogP contribution in [0.2, 0.25) is 0 Å². The number of nitriles is 1. The molecule has 1 aromatic carbocycles. The highest BCUT2D eigenvalue weighted by Crippen LogP contribution is 2.22. The largest absolute Gasteiger partial charge is 0.467 e. The minimum Gasteiger partial charge on any atom is -0.467 e. The van der Waals surface area contributed by atoms with E-state index in [1.165, 1.54) is 13.3 Å². The lowest BCUT2D eigenvalue weighted by atomic mass is 10.1. The molecule has 5 heteroatoms. The highest BCUT2D eigenvalue weighted by molar-refractivity contribution is 5.81. The van der Waals surface area contributed by atoms with Crippen LogP contribution >= 0.6 is 0 Å². The van der Waals surface area contributed by atoms with Crippen LogP contribution in [0.15, 0.2) is 48.7 Å². The Kier molecular flexibility index (Phi) is 4.30. The van der Waals surface area contributed by atoms with Crippen molar-refractivity contribution in [1.82, 2.24) is 4.98 Å². The van der Waals surface area contributed by atoms with E-state index < -0.39 is 12.0 Å². The summed E-state index contributed by atoms with van der Waals surface area (Å²) in [5, 5.41) is 12.0. The summed E-state index contributed by atoms with van der Waals surface area (Å²) in [4.78, 5) is 15.9. The molecule has 0 saturated carbocycles. The van der Waals surface area contributed by atoms with Crippen LogP contribution in [0.4, 0.5) is 5.69 Å². The number of hydrogen-bond acceptors (Lipinski definition) is 5. The van der Waals surface area contributed by atoms with E-state index in [-0.39, 0.29) is 5.69 Å². The molecule has 2 aromatic rings. The summed E-state index contributed by atoms with van der Waals surface area (Å²) in [5.41, 5.74) is 1.48. The number of nitrogens with zero attached hydrogens (tertiary/aromatic N) is 2. The molecule has 2 rings (SSSR count). The van der Waals surface area contributed by atoms with Crippen LogP contribution < -0.4 is 5.32 Å². The molecule has 0 fully saturated rings. The predicted molar refractivity (Wildman–Crippen MR) is 73.8 cm³/mol. The number of carbonyl (C=O) groups excluding carboxylic acids is 1. The Hall–Kier alpha value is -2.87. The van der Waals surface area contributed by atoms with Gasteiger partial charge in [0, 0.05) is 6.20 Å². The highest BCUT2D eigenvalue weighted by Gasteiger charge is 2.22. The molecule has 0 saturated heterocycles. The van der Waals surface area contributed by atoms with Crippen LogP contribution in [-0.2, 0) is 9.53 Å². The number of aromatic nitrogens is 1. The Morgan fingerprint density at radius 3 is 2.70 bits per heavy atom. The molecule has 0 aliphatic carbocycles. The predicted octanol–water partition coefficient (Wildman–Crippen LogP) is 2.28. The van der Waals surface area contributed by atoms with E-state index in [0.717, 1.165) is 5.56 Å². The first-order chi connectivity index (χ1) is 9.76. The first kappa shape index (κ1) is 13.6. The van der Waals surface area contributed by atoms with E-state index in [2.05, 4.69) is 10.3 Å². The lowest BCUT2D eigenvalue weighted by Gasteiger charge is -2.18. The van der Waals surface area contributed by atoms with Crippen LogP contribution in [0.5, 0.6) is 0 Å². The summed E-state index contributed by atoms with van der Waals surface area (Å²) in [6, 6.07) is 13.9. The Balaban J connectivity index is 2.34. The molecule has 0 spiro atoms. The molecule has 0 radical (unpaired) electrons. The smallest absolute Gasteiger partial charge is 0.332 e. The monoisotopic (exact) mass is 267 g/mol. The zero-order chi connectivity index (χ0) is 14.4. The number of benzene rings is 1. The van der Waals surface area contributed by atoms with Crippen molar-refractivity contribution in [2.24, 2.45) is 0 Å². The van der Waals surface area contributed by atoms with E-state index in [9.17, 15) is 4.79 Å². The molecule has 5 nitrogen and oxygen atoms in total. The quantitative estimate of drug-likeness (QED) is 0.860. The second-order valence-electron chi connectivity index (χ2n) is 4.02. The molecule has 20 heavy (non-hydrogen) atoms. The first-order valence-electron chi connectivity index (χ1n) is 6.00. The number of anilines is 1. The minimum absolute atomic E-state index is 0.234. The molecule has 1 heterocycles. The van der Waals surface area contributed by atoms with Gasteiger partial charge in [-0.1, -0.05) is 30.3 Å². The first-order valence-corrected chi connectivity index (χ1v) is 6.00. The van der Waals surface area contributed by atoms with Crippen molar-refractivity contribution in [3.8, 4) is 6.07 Å². The number of rotatable bonds is 4. The Bertz CT molecular complexity index is 635. The van der Waals surface area contributed by atoms with Gasteiger partial charge in [0.15, 0.2) is 11.7 Å². The summed E-state index contributed by atoms with van der Waals surface area (Å²) in [6.07, 6.45) is 1.53. The second-order valence-corrected chi connectivity index (χ2v) is 4.02. The van der Waals surface area contributed by atoms with Gasteiger partial charge in [-0.25, -0.2) is 9.78 Å². The zero-order valence-corrected chi connectivity index (χ0v) is 10.9. The van der Waals surface area contributed by atoms with Crippen molar-refractivity contribution in [2.75, 3.05) is 12.4 Å². The molecule has 0 bridgehead atoms. The van der Waals surface area contributed by atoms with Crippen LogP contribution in [-0.4, -0.2) is 18.1 Å². The van der Waals surface area contributed by atoms with Gasteiger partial charge in [0.2, 0.25) is 0 Å². The fourth-order valence-corrected chi connectivity index (χ4v) is 1.81. The molecule has 1 atom stereocenters. The summed E-state index contributed by atoms with van der Waals surface area (Å²) < 4.78 is 4.81. The molecule has 0 aliphatic heterocycles. The summed E-state index contributed by atoms with van der Waals surface area (Å²) in [6.45, 7) is 0. The Labute approximate surface area is 116 Å². The summed E-state index contributed by atoms with van der Waals surface area (Å²) in [5.74, 6) is -0.427. The van der Waals surface area contributed by atoms with Crippen molar-refractivity contribution in [2.45, 2.75) is 6.04 Å². The number of hydrogen-bond donors (Lipinski definition) is 1. The van der Waals surface area contributed by atoms with E-state index >= 15 is 0 Å². The topological polar surface area (TPSA) is 75.0 Å². The third-order valence-corrected chi connectivity index (χ3v) is 2.78. The Morgan fingerprint density at radius 1 is 1.30 bits per heavy atom. The van der Waals surface area contributed by atoms with Crippen molar-refractivity contribution in [3.63, 3.8) is 0 Å². The summed E-state index contributed by atoms with van der Waals surface area (Å²) in [7, 11) is 1.33. The van der Waals surface area contributed by atoms with Crippen LogP contribution in [0.1, 0.15) is 17.3 Å². The maximum Gasteiger partial charge on any atom is 0.332 e.